The van der Waals surface area contributed by atoms with Crippen molar-refractivity contribution in [2.24, 2.45) is 0 Å². The predicted molar refractivity (Wildman–Crippen MR) is 128 cm³/mol. The molecule has 1 aliphatic rings. The molecule has 1 saturated carbocycles. The van der Waals surface area contributed by atoms with E-state index in [1.165, 1.54) is 24.3 Å². The van der Waals surface area contributed by atoms with E-state index in [-0.39, 0.29) is 30.4 Å². The van der Waals surface area contributed by atoms with Crippen molar-refractivity contribution < 1.29 is 50.5 Å². The van der Waals surface area contributed by atoms with E-state index in [0.29, 0.717) is 5.56 Å². The summed E-state index contributed by atoms with van der Waals surface area (Å²) < 4.78 is 86.4. The van der Waals surface area contributed by atoms with Crippen molar-refractivity contribution in [1.82, 2.24) is 10.6 Å². The lowest BCUT2D eigenvalue weighted by Gasteiger charge is -2.37. The first kappa shape index (κ1) is 28.6. The third kappa shape index (κ3) is 6.96. The van der Waals surface area contributed by atoms with Gasteiger partial charge in [0, 0.05) is 6.42 Å². The summed E-state index contributed by atoms with van der Waals surface area (Å²) in [4.78, 5) is 25.0. The fraction of sp³-hybridized carbons (Fsp3) is 0.259. The van der Waals surface area contributed by atoms with E-state index in [9.17, 15) is 41.0 Å². The lowest BCUT2D eigenvalue weighted by Crippen LogP contribution is -2.56. The fourth-order valence-electron chi connectivity index (χ4n) is 4.34. The Bertz CT molecular complexity index is 1310. The van der Waals surface area contributed by atoms with Gasteiger partial charge in [-0.2, -0.15) is 0 Å². The Balaban J connectivity index is 1.89. The summed E-state index contributed by atoms with van der Waals surface area (Å²) in [6, 6.07) is 16.6. The Morgan fingerprint density at radius 2 is 1.27 bits per heavy atom. The van der Waals surface area contributed by atoms with Gasteiger partial charge in [0.2, 0.25) is 0 Å². The molecule has 0 saturated heterocycles. The fourth-order valence-corrected chi connectivity index (χ4v) is 4.34. The van der Waals surface area contributed by atoms with Gasteiger partial charge in [0.25, 0.3) is 0 Å². The van der Waals surface area contributed by atoms with Gasteiger partial charge in [-0.3, -0.25) is 0 Å². The lowest BCUT2D eigenvalue weighted by atomic mass is 9.77. The highest BCUT2D eigenvalue weighted by atomic mass is 19.4. The summed E-state index contributed by atoms with van der Waals surface area (Å²) in [6.07, 6.45) is -9.97. The van der Waals surface area contributed by atoms with Crippen LogP contribution in [0.25, 0.3) is 0 Å². The molecule has 0 bridgehead atoms. The number of ether oxygens (including phenoxy) is 2. The normalized spacial score (nSPS) is 14.7. The van der Waals surface area contributed by atoms with Crippen LogP contribution in [-0.4, -0.2) is 35.4 Å². The first-order valence-corrected chi connectivity index (χ1v) is 11.8. The molecule has 0 heterocycles. The monoisotopic (exact) mass is 568 g/mol. The van der Waals surface area contributed by atoms with Crippen LogP contribution in [0.5, 0.6) is 11.5 Å². The Labute approximate surface area is 223 Å². The smallest absolute Gasteiger partial charge is 0.480 e. The van der Waals surface area contributed by atoms with Crippen LogP contribution in [-0.2, 0) is 16.8 Å². The minimum atomic E-state index is -5.05. The summed E-state index contributed by atoms with van der Waals surface area (Å²) in [5.74, 6) is -2.56. The molecular weight excluding hydrogens is 546 g/mol. The first-order chi connectivity index (χ1) is 18.7. The topological polar surface area (TPSA) is 96.9 Å². The summed E-state index contributed by atoms with van der Waals surface area (Å²) in [6.45, 7) is 0. The van der Waals surface area contributed by atoms with Crippen molar-refractivity contribution >= 4 is 12.0 Å². The summed E-state index contributed by atoms with van der Waals surface area (Å²) >= 11 is 0. The Morgan fingerprint density at radius 3 is 1.70 bits per heavy atom. The van der Waals surface area contributed by atoms with Gasteiger partial charge in [-0.05, 0) is 53.8 Å². The minimum Gasteiger partial charge on any atom is -0.480 e. The molecule has 2 amide bonds. The molecule has 3 aromatic carbocycles. The van der Waals surface area contributed by atoms with Crippen LogP contribution in [0, 0.1) is 0 Å². The highest BCUT2D eigenvalue weighted by molar-refractivity contribution is 5.89. The average molecular weight is 568 g/mol. The number of nitrogens with one attached hydrogen (secondary N) is 2. The number of hydrogen-bond acceptors (Lipinski definition) is 4. The Hall–Kier alpha value is -4.42. The van der Waals surface area contributed by atoms with Gasteiger partial charge >= 0.3 is 24.7 Å². The molecule has 1 fully saturated rings. The van der Waals surface area contributed by atoms with Gasteiger partial charge in [-0.1, -0.05) is 54.6 Å². The number of benzene rings is 3. The van der Waals surface area contributed by atoms with E-state index in [2.05, 4.69) is 20.1 Å². The largest absolute Gasteiger partial charge is 0.573 e. The molecule has 40 heavy (non-hydrogen) atoms. The quantitative estimate of drug-likeness (QED) is 0.280. The highest BCUT2D eigenvalue weighted by Crippen LogP contribution is 2.39. The molecule has 0 spiro atoms. The SMILES string of the molecule is O=C(NC1(C(=O)O)CC1)NC(Cc1ccccc1)(c1cccc(OC(F)(F)F)c1)c1cccc(OC(F)(F)F)c1. The van der Waals surface area contributed by atoms with Crippen molar-refractivity contribution in [3.05, 3.63) is 95.6 Å². The number of carbonyl (C=O) groups excluding carboxylic acids is 1. The molecule has 0 unspecified atom stereocenters. The lowest BCUT2D eigenvalue weighted by molar-refractivity contribution is -0.275. The number of carbonyl (C=O) groups is 2. The first-order valence-electron chi connectivity index (χ1n) is 11.8. The van der Waals surface area contributed by atoms with Crippen LogP contribution in [0.3, 0.4) is 0 Å². The number of amides is 2. The second-order valence-electron chi connectivity index (χ2n) is 9.19. The average Bonchev–Trinajstić information content (AvgIpc) is 3.63. The number of alkyl halides is 6. The second-order valence-corrected chi connectivity index (χ2v) is 9.19. The van der Waals surface area contributed by atoms with Crippen LogP contribution < -0.4 is 20.1 Å². The molecule has 1 aliphatic carbocycles. The van der Waals surface area contributed by atoms with Crippen molar-refractivity contribution in [3.63, 3.8) is 0 Å². The number of carboxylic acid groups (broad SMARTS) is 1. The van der Waals surface area contributed by atoms with Crippen LogP contribution in [0.1, 0.15) is 29.5 Å². The molecular formula is C27H22F6N2O5. The van der Waals surface area contributed by atoms with Gasteiger partial charge < -0.3 is 25.2 Å². The molecule has 212 valence electrons. The molecule has 0 radical (unpaired) electrons. The number of halogens is 6. The predicted octanol–water partition coefficient (Wildman–Crippen LogP) is 5.89. The van der Waals surface area contributed by atoms with Gasteiger partial charge in [0.15, 0.2) is 0 Å². The second kappa shape index (κ2) is 10.6. The van der Waals surface area contributed by atoms with Crippen molar-refractivity contribution in [3.8, 4) is 11.5 Å². The van der Waals surface area contributed by atoms with Gasteiger partial charge in [0.1, 0.15) is 17.0 Å². The number of carboxylic acids is 1. The minimum absolute atomic E-state index is 0.0117. The molecule has 13 heteroatoms. The van der Waals surface area contributed by atoms with Crippen molar-refractivity contribution in [2.75, 3.05) is 0 Å². The number of urea groups is 1. The maximum Gasteiger partial charge on any atom is 0.573 e. The Morgan fingerprint density at radius 1 is 0.775 bits per heavy atom. The summed E-state index contributed by atoms with van der Waals surface area (Å²) in [7, 11) is 0. The zero-order valence-electron chi connectivity index (χ0n) is 20.5. The highest BCUT2D eigenvalue weighted by Gasteiger charge is 2.52. The van der Waals surface area contributed by atoms with E-state index in [0.717, 1.165) is 24.3 Å². The van der Waals surface area contributed by atoms with Crippen molar-refractivity contribution in [2.45, 2.75) is 43.1 Å². The van der Waals surface area contributed by atoms with Crippen LogP contribution in [0.4, 0.5) is 31.1 Å². The molecule has 3 aromatic rings. The third-order valence-corrected chi connectivity index (χ3v) is 6.27. The summed E-state index contributed by atoms with van der Waals surface area (Å²) in [5, 5.41) is 14.6. The Kier molecular flexibility index (Phi) is 7.59. The number of hydrogen-bond donors (Lipinski definition) is 3. The third-order valence-electron chi connectivity index (χ3n) is 6.27. The zero-order chi connectivity index (χ0) is 29.2. The van der Waals surface area contributed by atoms with Crippen LogP contribution in [0.2, 0.25) is 0 Å². The number of aliphatic carboxylic acids is 1. The van der Waals surface area contributed by atoms with E-state index in [1.807, 2.05) is 0 Å². The number of rotatable bonds is 9. The molecule has 3 N–H and O–H groups in total. The van der Waals surface area contributed by atoms with Crippen molar-refractivity contribution in [1.29, 1.82) is 0 Å². The molecule has 0 atom stereocenters. The standard InChI is InChI=1S/C27H22F6N2O5/c28-26(29,30)39-20-10-4-8-18(14-20)25(16-17-6-2-1-3-7-17,35-23(38)34-24(12-13-24)22(36)37)19-9-5-11-21(15-19)40-27(31,32)33/h1-11,14-15H,12-13,16H2,(H,36,37)(H2,34,35,38). The van der Waals surface area contributed by atoms with E-state index in [1.54, 1.807) is 30.3 Å². The van der Waals surface area contributed by atoms with E-state index < -0.39 is 47.3 Å². The molecule has 7 nitrogen and oxygen atoms in total. The van der Waals surface area contributed by atoms with Crippen LogP contribution in [0.15, 0.2) is 78.9 Å². The summed E-state index contributed by atoms with van der Waals surface area (Å²) in [5.41, 5.74) is -2.79. The zero-order valence-corrected chi connectivity index (χ0v) is 20.5. The van der Waals surface area contributed by atoms with E-state index in [4.69, 9.17) is 0 Å². The molecule has 0 aromatic heterocycles. The van der Waals surface area contributed by atoms with Gasteiger partial charge in [-0.15, -0.1) is 26.3 Å². The molecule has 0 aliphatic heterocycles. The van der Waals surface area contributed by atoms with Gasteiger partial charge in [0.05, 0.1) is 5.54 Å². The van der Waals surface area contributed by atoms with E-state index >= 15 is 0 Å². The molecule has 4 rings (SSSR count). The maximum absolute atomic E-state index is 13.3. The maximum atomic E-state index is 13.3. The van der Waals surface area contributed by atoms with Gasteiger partial charge in [-0.25, -0.2) is 9.59 Å². The van der Waals surface area contributed by atoms with Crippen LogP contribution >= 0.6 is 0 Å².